The van der Waals surface area contributed by atoms with Gasteiger partial charge in [0.1, 0.15) is 0 Å². The van der Waals surface area contributed by atoms with E-state index in [0.717, 1.165) is 10.9 Å². The van der Waals surface area contributed by atoms with E-state index < -0.39 is 0 Å². The summed E-state index contributed by atoms with van der Waals surface area (Å²) in [5.74, 6) is 0.00815. The Morgan fingerprint density at radius 3 is 2.53 bits per heavy atom. The number of nitrogens with one attached hydrogen (secondary N) is 1. The lowest BCUT2D eigenvalue weighted by Gasteiger charge is -2.18. The smallest absolute Gasteiger partial charge is 0.224 e. The van der Waals surface area contributed by atoms with Crippen molar-refractivity contribution < 1.29 is 4.79 Å². The average Bonchev–Trinajstić information content (AvgIpc) is 2.35. The Bertz CT molecular complexity index is 585. The van der Waals surface area contributed by atoms with Crippen molar-refractivity contribution in [2.24, 2.45) is 5.73 Å². The average molecular weight is 256 g/mol. The van der Waals surface area contributed by atoms with Gasteiger partial charge in [-0.05, 0) is 30.2 Å². The Labute approximate surface area is 113 Å². The summed E-state index contributed by atoms with van der Waals surface area (Å²) in [6, 6.07) is 14.2. The fourth-order valence-corrected chi connectivity index (χ4v) is 1.92. The topological polar surface area (TPSA) is 55.1 Å². The third kappa shape index (κ3) is 4.07. The first kappa shape index (κ1) is 13.6. The van der Waals surface area contributed by atoms with Crippen LogP contribution in [0.3, 0.4) is 0 Å². The van der Waals surface area contributed by atoms with Gasteiger partial charge in [0.25, 0.3) is 0 Å². The van der Waals surface area contributed by atoms with E-state index in [1.807, 2.05) is 38.1 Å². The van der Waals surface area contributed by atoms with Gasteiger partial charge in [-0.2, -0.15) is 0 Å². The Kier molecular flexibility index (Phi) is 3.86. The molecular formula is C16H20N2O. The molecule has 1 amide bonds. The molecule has 2 rings (SSSR count). The second-order valence-electron chi connectivity index (χ2n) is 5.62. The highest BCUT2D eigenvalue weighted by Gasteiger charge is 2.12. The maximum absolute atomic E-state index is 11.8. The molecule has 0 saturated heterocycles. The van der Waals surface area contributed by atoms with Gasteiger partial charge in [-0.15, -0.1) is 0 Å². The monoisotopic (exact) mass is 256 g/mol. The standard InChI is InChI=1S/C16H20N2O/c1-16(2,17)11-18-15(19)10-12-7-8-13-5-3-4-6-14(13)9-12/h3-9H,10-11,17H2,1-2H3,(H,18,19). The minimum absolute atomic E-state index is 0.00815. The van der Waals surface area contributed by atoms with Crippen molar-refractivity contribution in [1.82, 2.24) is 5.32 Å². The minimum atomic E-state index is -0.376. The highest BCUT2D eigenvalue weighted by atomic mass is 16.1. The lowest BCUT2D eigenvalue weighted by molar-refractivity contribution is -0.120. The van der Waals surface area contributed by atoms with Crippen LogP contribution in [0.2, 0.25) is 0 Å². The molecule has 0 saturated carbocycles. The van der Waals surface area contributed by atoms with Crippen LogP contribution in [0.1, 0.15) is 19.4 Å². The molecule has 0 radical (unpaired) electrons. The summed E-state index contributed by atoms with van der Waals surface area (Å²) >= 11 is 0. The van der Waals surface area contributed by atoms with Crippen LogP contribution in [-0.2, 0) is 11.2 Å². The highest BCUT2D eigenvalue weighted by molar-refractivity contribution is 5.85. The molecule has 0 aliphatic carbocycles. The van der Waals surface area contributed by atoms with Crippen LogP contribution in [0.5, 0.6) is 0 Å². The number of benzene rings is 2. The van der Waals surface area contributed by atoms with Crippen LogP contribution in [0.25, 0.3) is 10.8 Å². The van der Waals surface area contributed by atoms with Crippen LogP contribution >= 0.6 is 0 Å². The Morgan fingerprint density at radius 2 is 1.84 bits per heavy atom. The Hall–Kier alpha value is -1.87. The van der Waals surface area contributed by atoms with Crippen molar-refractivity contribution in [3.05, 3.63) is 48.0 Å². The van der Waals surface area contributed by atoms with Crippen LogP contribution in [0, 0.1) is 0 Å². The quantitative estimate of drug-likeness (QED) is 0.881. The van der Waals surface area contributed by atoms with Crippen molar-refractivity contribution in [3.63, 3.8) is 0 Å². The van der Waals surface area contributed by atoms with E-state index >= 15 is 0 Å². The molecule has 0 aliphatic rings. The van der Waals surface area contributed by atoms with E-state index in [1.54, 1.807) is 0 Å². The molecule has 2 aromatic carbocycles. The molecule has 0 spiro atoms. The lowest BCUT2D eigenvalue weighted by atomic mass is 10.0. The fourth-order valence-electron chi connectivity index (χ4n) is 1.92. The molecule has 0 aromatic heterocycles. The molecule has 2 aromatic rings. The van der Waals surface area contributed by atoms with Gasteiger partial charge in [-0.3, -0.25) is 4.79 Å². The SMILES string of the molecule is CC(C)(N)CNC(=O)Cc1ccc2ccccc2c1. The Balaban J connectivity index is 2.03. The van der Waals surface area contributed by atoms with E-state index in [1.165, 1.54) is 5.39 Å². The number of nitrogens with two attached hydrogens (primary N) is 1. The first-order valence-electron chi connectivity index (χ1n) is 6.47. The summed E-state index contributed by atoms with van der Waals surface area (Å²) in [4.78, 5) is 11.8. The fraction of sp³-hybridized carbons (Fsp3) is 0.312. The first-order chi connectivity index (χ1) is 8.94. The van der Waals surface area contributed by atoms with Gasteiger partial charge in [0, 0.05) is 12.1 Å². The third-order valence-corrected chi connectivity index (χ3v) is 2.92. The molecule has 0 atom stereocenters. The second kappa shape index (κ2) is 5.41. The highest BCUT2D eigenvalue weighted by Crippen LogP contribution is 2.15. The summed E-state index contributed by atoms with van der Waals surface area (Å²) in [5, 5.41) is 5.20. The van der Waals surface area contributed by atoms with Crippen LogP contribution in [0.15, 0.2) is 42.5 Å². The van der Waals surface area contributed by atoms with E-state index in [9.17, 15) is 4.79 Å². The molecular weight excluding hydrogens is 236 g/mol. The molecule has 0 aliphatic heterocycles. The molecule has 3 heteroatoms. The molecule has 3 nitrogen and oxygen atoms in total. The molecule has 0 heterocycles. The molecule has 0 unspecified atom stereocenters. The maximum atomic E-state index is 11.8. The van der Waals surface area contributed by atoms with Crippen LogP contribution in [0.4, 0.5) is 0 Å². The number of hydrogen-bond donors (Lipinski definition) is 2. The van der Waals surface area contributed by atoms with Crippen LogP contribution < -0.4 is 11.1 Å². The van der Waals surface area contributed by atoms with Crippen molar-refractivity contribution >= 4 is 16.7 Å². The number of amides is 1. The van der Waals surface area contributed by atoms with Gasteiger partial charge in [0.2, 0.25) is 5.91 Å². The van der Waals surface area contributed by atoms with E-state index in [2.05, 4.69) is 23.5 Å². The maximum Gasteiger partial charge on any atom is 0.224 e. The van der Waals surface area contributed by atoms with E-state index in [4.69, 9.17) is 5.73 Å². The molecule has 0 bridgehead atoms. The normalized spacial score (nSPS) is 11.5. The number of fused-ring (bicyclic) bond motifs is 1. The Morgan fingerprint density at radius 1 is 1.16 bits per heavy atom. The third-order valence-electron chi connectivity index (χ3n) is 2.92. The number of rotatable bonds is 4. The van der Waals surface area contributed by atoms with Gasteiger partial charge < -0.3 is 11.1 Å². The molecule has 0 fully saturated rings. The van der Waals surface area contributed by atoms with E-state index in [0.29, 0.717) is 13.0 Å². The van der Waals surface area contributed by atoms with Crippen molar-refractivity contribution in [2.75, 3.05) is 6.54 Å². The van der Waals surface area contributed by atoms with Crippen molar-refractivity contribution in [3.8, 4) is 0 Å². The van der Waals surface area contributed by atoms with Crippen molar-refractivity contribution in [2.45, 2.75) is 25.8 Å². The van der Waals surface area contributed by atoms with Crippen LogP contribution in [-0.4, -0.2) is 18.0 Å². The predicted octanol–water partition coefficient (Wildman–Crippen LogP) is 2.24. The van der Waals surface area contributed by atoms with Gasteiger partial charge in [0.05, 0.1) is 6.42 Å². The summed E-state index contributed by atoms with van der Waals surface area (Å²) in [6.07, 6.45) is 0.390. The zero-order valence-corrected chi connectivity index (χ0v) is 11.4. The summed E-state index contributed by atoms with van der Waals surface area (Å²) in [6.45, 7) is 4.27. The first-order valence-corrected chi connectivity index (χ1v) is 6.47. The molecule has 100 valence electrons. The molecule has 19 heavy (non-hydrogen) atoms. The van der Waals surface area contributed by atoms with Gasteiger partial charge in [-0.25, -0.2) is 0 Å². The zero-order chi connectivity index (χ0) is 13.9. The summed E-state index contributed by atoms with van der Waals surface area (Å²) < 4.78 is 0. The minimum Gasteiger partial charge on any atom is -0.354 e. The van der Waals surface area contributed by atoms with Gasteiger partial charge in [0.15, 0.2) is 0 Å². The number of hydrogen-bond acceptors (Lipinski definition) is 2. The van der Waals surface area contributed by atoms with Crippen molar-refractivity contribution in [1.29, 1.82) is 0 Å². The second-order valence-corrected chi connectivity index (χ2v) is 5.62. The van der Waals surface area contributed by atoms with Gasteiger partial charge in [-0.1, -0.05) is 42.5 Å². The van der Waals surface area contributed by atoms with Gasteiger partial charge >= 0.3 is 0 Å². The van der Waals surface area contributed by atoms with E-state index in [-0.39, 0.29) is 11.4 Å². The largest absolute Gasteiger partial charge is 0.354 e. The molecule has 3 N–H and O–H groups in total. The lowest BCUT2D eigenvalue weighted by Crippen LogP contribution is -2.45. The number of carbonyl (C=O) groups is 1. The predicted molar refractivity (Wildman–Crippen MR) is 78.9 cm³/mol. The summed E-state index contributed by atoms with van der Waals surface area (Å²) in [5.41, 5.74) is 6.48. The summed E-state index contributed by atoms with van der Waals surface area (Å²) in [7, 11) is 0. The number of carbonyl (C=O) groups excluding carboxylic acids is 1. The zero-order valence-electron chi connectivity index (χ0n) is 11.4.